The van der Waals surface area contributed by atoms with E-state index in [0.717, 1.165) is 19.3 Å². The van der Waals surface area contributed by atoms with Crippen molar-refractivity contribution in [2.75, 3.05) is 0 Å². The zero-order valence-corrected chi connectivity index (χ0v) is 10.3. The summed E-state index contributed by atoms with van der Waals surface area (Å²) in [7, 11) is -5.82. The van der Waals surface area contributed by atoms with E-state index in [2.05, 4.69) is 4.18 Å². The van der Waals surface area contributed by atoms with Gasteiger partial charge in [-0.15, -0.1) is 0 Å². The summed E-state index contributed by atoms with van der Waals surface area (Å²) in [5.74, 6) is 0. The second kappa shape index (κ2) is 7.15. The van der Waals surface area contributed by atoms with E-state index in [-0.39, 0.29) is 6.42 Å². The average Bonchev–Trinajstić information content (AvgIpc) is 2.14. The minimum Gasteiger partial charge on any atom is -0.226 e. The van der Waals surface area contributed by atoms with Gasteiger partial charge in [-0.1, -0.05) is 32.6 Å². The first-order valence-corrected chi connectivity index (χ1v) is 6.75. The minimum absolute atomic E-state index is 0.300. The molecule has 0 aromatic heterocycles. The molecule has 0 heterocycles. The molecule has 0 radical (unpaired) electrons. The lowest BCUT2D eigenvalue weighted by atomic mass is 10.1. The topological polar surface area (TPSA) is 43.4 Å². The molecule has 1 unspecified atom stereocenters. The van der Waals surface area contributed by atoms with Crippen molar-refractivity contribution in [3.05, 3.63) is 0 Å². The number of hydrogen-bond acceptors (Lipinski definition) is 3. The molecule has 0 bridgehead atoms. The molecule has 0 aromatic rings. The van der Waals surface area contributed by atoms with Gasteiger partial charge in [0.2, 0.25) is 6.36 Å². The number of halogens is 4. The Hall–Kier alpha value is -0.370. The third-order valence-electron chi connectivity index (χ3n) is 2.05. The molecule has 17 heavy (non-hydrogen) atoms. The molecule has 0 spiro atoms. The highest BCUT2D eigenvalue weighted by atomic mass is 32.2. The van der Waals surface area contributed by atoms with Gasteiger partial charge in [0.05, 0.1) is 0 Å². The lowest BCUT2D eigenvalue weighted by Crippen LogP contribution is -2.28. The summed E-state index contributed by atoms with van der Waals surface area (Å²) in [5, 5.41) is 0. The first kappa shape index (κ1) is 16.6. The second-order valence-corrected chi connectivity index (χ2v) is 5.17. The van der Waals surface area contributed by atoms with Gasteiger partial charge in [-0.05, 0) is 6.42 Å². The van der Waals surface area contributed by atoms with Crippen molar-refractivity contribution in [3.63, 3.8) is 0 Å². The van der Waals surface area contributed by atoms with Gasteiger partial charge in [0, 0.05) is 6.42 Å². The van der Waals surface area contributed by atoms with E-state index in [9.17, 15) is 26.0 Å². The summed E-state index contributed by atoms with van der Waals surface area (Å²) in [6, 6.07) is 0. The van der Waals surface area contributed by atoms with Gasteiger partial charge < -0.3 is 0 Å². The maximum atomic E-state index is 12.8. The molecule has 0 aliphatic heterocycles. The van der Waals surface area contributed by atoms with E-state index >= 15 is 0 Å². The van der Waals surface area contributed by atoms with Gasteiger partial charge in [0.25, 0.3) is 0 Å². The van der Waals surface area contributed by atoms with Crippen molar-refractivity contribution >= 4 is 10.1 Å². The lowest BCUT2D eigenvalue weighted by Gasteiger charge is -2.11. The maximum Gasteiger partial charge on any atom is 0.523 e. The third-order valence-corrected chi connectivity index (χ3v) is 3.08. The van der Waals surface area contributed by atoms with Crippen LogP contribution in [-0.2, 0) is 14.3 Å². The van der Waals surface area contributed by atoms with Crippen molar-refractivity contribution in [1.82, 2.24) is 0 Å². The lowest BCUT2D eigenvalue weighted by molar-refractivity contribution is -0.0654. The average molecular weight is 280 g/mol. The van der Waals surface area contributed by atoms with Crippen LogP contribution in [0.2, 0.25) is 0 Å². The Morgan fingerprint density at radius 1 is 1.12 bits per heavy atom. The normalized spacial score (nSPS) is 14.9. The van der Waals surface area contributed by atoms with Gasteiger partial charge in [0.15, 0.2) is 0 Å². The molecule has 3 nitrogen and oxygen atoms in total. The standard InChI is InChI=1S/C9H16F4O3S/c1-2-3-4-5-6-7-8(10)16-17(14,15)9(11,12)13/h8H,2-7H2,1H3. The van der Waals surface area contributed by atoms with Crippen LogP contribution in [0.1, 0.15) is 45.4 Å². The van der Waals surface area contributed by atoms with Crippen LogP contribution in [0.5, 0.6) is 0 Å². The SMILES string of the molecule is CCCCCCCC(F)OS(=O)(=O)C(F)(F)F. The molecule has 0 amide bonds. The third kappa shape index (κ3) is 6.82. The Labute approximate surface area is 98.3 Å². The van der Waals surface area contributed by atoms with Crippen molar-refractivity contribution < 1.29 is 30.2 Å². The van der Waals surface area contributed by atoms with Crippen LogP contribution in [-0.4, -0.2) is 20.3 Å². The largest absolute Gasteiger partial charge is 0.523 e. The Balaban J connectivity index is 3.91. The summed E-state index contributed by atoms with van der Waals surface area (Å²) in [6.07, 6.45) is 0.951. The van der Waals surface area contributed by atoms with Crippen molar-refractivity contribution in [1.29, 1.82) is 0 Å². The zero-order valence-electron chi connectivity index (χ0n) is 9.46. The fourth-order valence-electron chi connectivity index (χ4n) is 1.15. The molecular weight excluding hydrogens is 264 g/mol. The molecule has 0 fully saturated rings. The van der Waals surface area contributed by atoms with E-state index in [1.54, 1.807) is 0 Å². The highest BCUT2D eigenvalue weighted by molar-refractivity contribution is 7.87. The molecule has 0 aliphatic carbocycles. The summed E-state index contributed by atoms with van der Waals surface area (Å²) in [4.78, 5) is 0. The Bertz CT molecular complexity index is 300. The van der Waals surface area contributed by atoms with Crippen LogP contribution in [0.15, 0.2) is 0 Å². The number of alkyl halides is 4. The molecule has 0 aromatic carbocycles. The quantitative estimate of drug-likeness (QED) is 0.296. The van der Waals surface area contributed by atoms with Gasteiger partial charge >= 0.3 is 15.6 Å². The van der Waals surface area contributed by atoms with Gasteiger partial charge in [-0.3, -0.25) is 0 Å². The second-order valence-electron chi connectivity index (χ2n) is 3.61. The van der Waals surface area contributed by atoms with E-state index in [1.165, 1.54) is 0 Å². The molecule has 0 aliphatic rings. The highest BCUT2D eigenvalue weighted by Gasteiger charge is 2.48. The Morgan fingerprint density at radius 2 is 1.65 bits per heavy atom. The first-order valence-electron chi connectivity index (χ1n) is 5.34. The minimum atomic E-state index is -5.82. The summed E-state index contributed by atoms with van der Waals surface area (Å²) >= 11 is 0. The van der Waals surface area contributed by atoms with E-state index in [4.69, 9.17) is 0 Å². The molecule has 104 valence electrons. The Kier molecular flexibility index (Phi) is 6.99. The first-order chi connectivity index (χ1) is 7.70. The van der Waals surface area contributed by atoms with Crippen LogP contribution < -0.4 is 0 Å². The van der Waals surface area contributed by atoms with Crippen molar-refractivity contribution in [2.24, 2.45) is 0 Å². The van der Waals surface area contributed by atoms with Crippen LogP contribution in [0.25, 0.3) is 0 Å². The maximum absolute atomic E-state index is 12.8. The van der Waals surface area contributed by atoms with Crippen LogP contribution in [0.3, 0.4) is 0 Å². The van der Waals surface area contributed by atoms with Crippen molar-refractivity contribution in [3.8, 4) is 0 Å². The van der Waals surface area contributed by atoms with Crippen LogP contribution >= 0.6 is 0 Å². The van der Waals surface area contributed by atoms with Crippen LogP contribution in [0, 0.1) is 0 Å². The number of rotatable bonds is 8. The predicted octanol–water partition coefficient (Wildman–Crippen LogP) is 3.51. The summed E-state index contributed by atoms with van der Waals surface area (Å²) in [5.41, 5.74) is -5.57. The number of hydrogen-bond donors (Lipinski definition) is 0. The molecule has 0 N–H and O–H groups in total. The van der Waals surface area contributed by atoms with E-state index < -0.39 is 22.0 Å². The Morgan fingerprint density at radius 3 is 2.12 bits per heavy atom. The highest BCUT2D eigenvalue weighted by Crippen LogP contribution is 2.27. The smallest absolute Gasteiger partial charge is 0.226 e. The molecule has 0 rings (SSSR count). The fourth-order valence-corrected chi connectivity index (χ4v) is 1.63. The molecule has 0 saturated carbocycles. The summed E-state index contributed by atoms with van der Waals surface area (Å²) in [6.45, 7) is 1.98. The monoisotopic (exact) mass is 280 g/mol. The van der Waals surface area contributed by atoms with E-state index in [1.807, 2.05) is 6.92 Å². The molecule has 8 heteroatoms. The summed E-state index contributed by atoms with van der Waals surface area (Å²) < 4.78 is 72.5. The van der Waals surface area contributed by atoms with Gasteiger partial charge in [-0.2, -0.15) is 21.6 Å². The van der Waals surface area contributed by atoms with Gasteiger partial charge in [-0.25, -0.2) is 8.57 Å². The molecular formula is C9H16F4O3S. The van der Waals surface area contributed by atoms with Crippen molar-refractivity contribution in [2.45, 2.75) is 57.3 Å². The molecule has 0 saturated heterocycles. The number of unbranched alkanes of at least 4 members (excludes halogenated alkanes) is 4. The van der Waals surface area contributed by atoms with E-state index in [0.29, 0.717) is 12.8 Å². The zero-order chi connectivity index (χ0) is 13.5. The molecule has 1 atom stereocenters. The fraction of sp³-hybridized carbons (Fsp3) is 1.00. The van der Waals surface area contributed by atoms with Gasteiger partial charge in [0.1, 0.15) is 0 Å². The van der Waals surface area contributed by atoms with Crippen LogP contribution in [0.4, 0.5) is 17.6 Å². The predicted molar refractivity (Wildman–Crippen MR) is 54.3 cm³/mol.